The molecule has 7 heteroatoms. The summed E-state index contributed by atoms with van der Waals surface area (Å²) in [6.45, 7) is 3.17. The lowest BCUT2D eigenvalue weighted by molar-refractivity contribution is -0.119. The fraction of sp³-hybridized carbons (Fsp3) is 0.643. The van der Waals surface area contributed by atoms with E-state index in [-0.39, 0.29) is 18.0 Å². The topological polar surface area (TPSA) is 110 Å². The van der Waals surface area contributed by atoms with Crippen LogP contribution in [-0.2, 0) is 4.79 Å². The van der Waals surface area contributed by atoms with Crippen LogP contribution in [0.4, 0.5) is 11.8 Å². The average molecular weight is 290 g/mol. The third-order valence-electron chi connectivity index (χ3n) is 4.26. The van der Waals surface area contributed by atoms with Crippen molar-refractivity contribution >= 4 is 17.7 Å². The normalized spacial score (nSPS) is 28.3. The van der Waals surface area contributed by atoms with Crippen molar-refractivity contribution in [3.63, 3.8) is 0 Å². The summed E-state index contributed by atoms with van der Waals surface area (Å²) < 4.78 is 0. The Balaban J connectivity index is 1.72. The molecule has 7 nitrogen and oxygen atoms in total. The van der Waals surface area contributed by atoms with Crippen LogP contribution in [0.5, 0.6) is 0 Å². The summed E-state index contributed by atoms with van der Waals surface area (Å²) in [5.74, 6) is 1.57. The van der Waals surface area contributed by atoms with E-state index in [4.69, 9.17) is 11.5 Å². The Labute approximate surface area is 124 Å². The van der Waals surface area contributed by atoms with Crippen molar-refractivity contribution in [3.8, 4) is 0 Å². The largest absolute Gasteiger partial charge is 0.368 e. The van der Waals surface area contributed by atoms with Crippen LogP contribution in [0.2, 0.25) is 0 Å². The summed E-state index contributed by atoms with van der Waals surface area (Å²) in [5, 5.41) is 2.95. The minimum absolute atomic E-state index is 0.00759. The molecule has 0 radical (unpaired) electrons. The number of hydrogen-bond donors (Lipinski definition) is 3. The highest BCUT2D eigenvalue weighted by Crippen LogP contribution is 2.36. The van der Waals surface area contributed by atoms with Gasteiger partial charge < -0.3 is 21.7 Å². The fourth-order valence-electron chi connectivity index (χ4n) is 3.12. The van der Waals surface area contributed by atoms with Crippen LogP contribution in [0.25, 0.3) is 0 Å². The van der Waals surface area contributed by atoms with Crippen LogP contribution in [0.3, 0.4) is 0 Å². The monoisotopic (exact) mass is 290 g/mol. The van der Waals surface area contributed by atoms with Crippen molar-refractivity contribution in [2.24, 2.45) is 5.73 Å². The fourth-order valence-corrected chi connectivity index (χ4v) is 3.12. The van der Waals surface area contributed by atoms with Crippen molar-refractivity contribution in [2.75, 3.05) is 23.7 Å². The van der Waals surface area contributed by atoms with E-state index in [9.17, 15) is 4.79 Å². The van der Waals surface area contributed by atoms with Gasteiger partial charge in [0, 0.05) is 44.1 Å². The Morgan fingerprint density at radius 3 is 2.86 bits per heavy atom. The maximum absolute atomic E-state index is 11.1. The number of nitrogens with two attached hydrogens (primary N) is 2. The van der Waals surface area contributed by atoms with Crippen LogP contribution >= 0.6 is 0 Å². The molecule has 0 unspecified atom stereocenters. The van der Waals surface area contributed by atoms with Crippen molar-refractivity contribution < 1.29 is 4.79 Å². The first-order valence-corrected chi connectivity index (χ1v) is 7.43. The maximum atomic E-state index is 11.1. The molecule has 1 atom stereocenters. The zero-order chi connectivity index (χ0) is 15.0. The van der Waals surface area contributed by atoms with Gasteiger partial charge >= 0.3 is 0 Å². The molecule has 1 saturated heterocycles. The van der Waals surface area contributed by atoms with E-state index in [0.717, 1.165) is 43.9 Å². The summed E-state index contributed by atoms with van der Waals surface area (Å²) in [6, 6.07) is 2.48. The quantitative estimate of drug-likeness (QED) is 0.721. The molecule has 1 saturated carbocycles. The molecule has 1 amide bonds. The van der Waals surface area contributed by atoms with Gasteiger partial charge in [0.05, 0.1) is 5.69 Å². The first-order chi connectivity index (χ1) is 10.0. The standard InChI is InChI=1S/C14H22N6O/c1-8(21)17-11-2-3-20(7-11)13-6-12(18-14(16)19-13)9-4-10(15)5-9/h6,9-11H,2-5,7,15H2,1H3,(H,17,21)(H2,16,18,19)/t9?,10?,11-/m0/s1. The molecular formula is C14H22N6O. The molecule has 1 aromatic heterocycles. The second-order valence-electron chi connectivity index (χ2n) is 6.07. The van der Waals surface area contributed by atoms with Crippen molar-refractivity contribution in [2.45, 2.75) is 44.2 Å². The second kappa shape index (κ2) is 5.48. The van der Waals surface area contributed by atoms with Crippen LogP contribution in [0.1, 0.15) is 37.8 Å². The third-order valence-corrected chi connectivity index (χ3v) is 4.26. The van der Waals surface area contributed by atoms with Gasteiger partial charge in [-0.05, 0) is 19.3 Å². The van der Waals surface area contributed by atoms with Crippen molar-refractivity contribution in [1.29, 1.82) is 0 Å². The Bertz CT molecular complexity index is 542. The Hall–Kier alpha value is -1.89. The van der Waals surface area contributed by atoms with E-state index < -0.39 is 0 Å². The van der Waals surface area contributed by atoms with Crippen molar-refractivity contribution in [1.82, 2.24) is 15.3 Å². The molecule has 0 aromatic carbocycles. The highest BCUT2D eigenvalue weighted by atomic mass is 16.1. The van der Waals surface area contributed by atoms with E-state index in [1.165, 1.54) is 0 Å². The number of carbonyl (C=O) groups is 1. The molecule has 114 valence electrons. The number of nitrogens with zero attached hydrogens (tertiary/aromatic N) is 3. The number of aromatic nitrogens is 2. The van der Waals surface area contributed by atoms with Crippen LogP contribution < -0.4 is 21.7 Å². The highest BCUT2D eigenvalue weighted by Gasteiger charge is 2.30. The van der Waals surface area contributed by atoms with Crippen LogP contribution in [0.15, 0.2) is 6.07 Å². The molecule has 1 aliphatic heterocycles. The number of hydrogen-bond acceptors (Lipinski definition) is 6. The number of rotatable bonds is 3. The number of anilines is 2. The summed E-state index contributed by atoms with van der Waals surface area (Å²) in [5.41, 5.74) is 12.7. The van der Waals surface area contributed by atoms with E-state index in [1.54, 1.807) is 6.92 Å². The highest BCUT2D eigenvalue weighted by molar-refractivity contribution is 5.73. The predicted molar refractivity (Wildman–Crippen MR) is 80.8 cm³/mol. The summed E-state index contributed by atoms with van der Waals surface area (Å²) in [4.78, 5) is 22.0. The van der Waals surface area contributed by atoms with Gasteiger partial charge in [0.2, 0.25) is 11.9 Å². The predicted octanol–water partition coefficient (Wildman–Crippen LogP) is -0.0217. The molecule has 1 aromatic rings. The summed E-state index contributed by atoms with van der Waals surface area (Å²) in [7, 11) is 0. The molecule has 2 fully saturated rings. The van der Waals surface area contributed by atoms with Gasteiger partial charge in [-0.3, -0.25) is 4.79 Å². The number of nitrogens with one attached hydrogen (secondary N) is 1. The number of nitrogen functional groups attached to an aromatic ring is 1. The molecule has 1 aliphatic carbocycles. The lowest BCUT2D eigenvalue weighted by atomic mass is 9.78. The van der Waals surface area contributed by atoms with Gasteiger partial charge in [-0.2, -0.15) is 4.98 Å². The maximum Gasteiger partial charge on any atom is 0.222 e. The number of amides is 1. The zero-order valence-corrected chi connectivity index (χ0v) is 12.2. The van der Waals surface area contributed by atoms with Crippen LogP contribution in [-0.4, -0.2) is 41.0 Å². The molecule has 2 heterocycles. The molecule has 3 rings (SSSR count). The Morgan fingerprint density at radius 2 is 2.19 bits per heavy atom. The average Bonchev–Trinajstić information content (AvgIpc) is 2.82. The first kappa shape index (κ1) is 14.1. The minimum atomic E-state index is 0.00759. The van der Waals surface area contributed by atoms with E-state index in [0.29, 0.717) is 11.9 Å². The van der Waals surface area contributed by atoms with E-state index in [1.807, 2.05) is 6.07 Å². The lowest BCUT2D eigenvalue weighted by Crippen LogP contribution is -2.36. The summed E-state index contributed by atoms with van der Waals surface area (Å²) in [6.07, 6.45) is 2.85. The van der Waals surface area contributed by atoms with E-state index in [2.05, 4.69) is 20.2 Å². The molecule has 0 bridgehead atoms. The van der Waals surface area contributed by atoms with Crippen molar-refractivity contribution in [3.05, 3.63) is 11.8 Å². The van der Waals surface area contributed by atoms with Gasteiger partial charge in [0.15, 0.2) is 0 Å². The molecule has 0 spiro atoms. The van der Waals surface area contributed by atoms with E-state index >= 15 is 0 Å². The number of carbonyl (C=O) groups excluding carboxylic acids is 1. The molecule has 2 aliphatic rings. The summed E-state index contributed by atoms with van der Waals surface area (Å²) >= 11 is 0. The minimum Gasteiger partial charge on any atom is -0.368 e. The zero-order valence-electron chi connectivity index (χ0n) is 12.2. The van der Waals surface area contributed by atoms with Crippen LogP contribution in [0, 0.1) is 0 Å². The Kier molecular flexibility index (Phi) is 3.67. The SMILES string of the molecule is CC(=O)N[C@H]1CCN(c2cc(C3CC(N)C3)nc(N)n2)C1. The second-order valence-corrected chi connectivity index (χ2v) is 6.07. The molecular weight excluding hydrogens is 268 g/mol. The first-order valence-electron chi connectivity index (χ1n) is 7.43. The van der Waals surface area contributed by atoms with Gasteiger partial charge in [-0.25, -0.2) is 4.98 Å². The molecule has 21 heavy (non-hydrogen) atoms. The Morgan fingerprint density at radius 1 is 1.43 bits per heavy atom. The van der Waals surface area contributed by atoms with Gasteiger partial charge in [-0.15, -0.1) is 0 Å². The van der Waals surface area contributed by atoms with Gasteiger partial charge in [-0.1, -0.05) is 0 Å². The third kappa shape index (κ3) is 3.07. The van der Waals surface area contributed by atoms with Gasteiger partial charge in [0.1, 0.15) is 5.82 Å². The molecule has 5 N–H and O–H groups in total. The lowest BCUT2D eigenvalue weighted by Gasteiger charge is -2.32. The van der Waals surface area contributed by atoms with Gasteiger partial charge in [0.25, 0.3) is 0 Å². The smallest absolute Gasteiger partial charge is 0.222 e.